The second-order valence-corrected chi connectivity index (χ2v) is 6.53. The number of unbranched alkanes of at least 4 members (excludes halogenated alkanes) is 3. The molecule has 2 aromatic carbocycles. The van der Waals surface area contributed by atoms with E-state index in [1.54, 1.807) is 6.08 Å². The molecular weight excluding hydrogens is 356 g/mol. The Kier molecular flexibility index (Phi) is 9.07. The number of thiocarbonyl (C=S) groups is 1. The first-order valence-corrected chi connectivity index (χ1v) is 9.66. The first-order chi connectivity index (χ1) is 13.2. The maximum atomic E-state index is 11.9. The second kappa shape index (κ2) is 11.9. The normalized spacial score (nSPS) is 10.6. The van der Waals surface area contributed by atoms with Crippen molar-refractivity contribution in [3.63, 3.8) is 0 Å². The van der Waals surface area contributed by atoms with Gasteiger partial charge in [-0.05, 0) is 54.5 Å². The van der Waals surface area contributed by atoms with E-state index in [2.05, 4.69) is 17.6 Å². The van der Waals surface area contributed by atoms with Crippen LogP contribution in [0.25, 0.3) is 6.08 Å². The summed E-state index contributed by atoms with van der Waals surface area (Å²) in [6.45, 7) is 2.92. The average molecular weight is 383 g/mol. The molecule has 2 N–H and O–H groups in total. The summed E-state index contributed by atoms with van der Waals surface area (Å²) in [5.74, 6) is 0.557. The van der Waals surface area contributed by atoms with Crippen LogP contribution in [0, 0.1) is 0 Å². The van der Waals surface area contributed by atoms with Crippen molar-refractivity contribution in [1.29, 1.82) is 0 Å². The van der Waals surface area contributed by atoms with E-state index < -0.39 is 0 Å². The van der Waals surface area contributed by atoms with Gasteiger partial charge in [0.15, 0.2) is 5.11 Å². The zero-order valence-electron chi connectivity index (χ0n) is 15.6. The van der Waals surface area contributed by atoms with Crippen LogP contribution >= 0.6 is 12.2 Å². The minimum absolute atomic E-state index is 0.256. The van der Waals surface area contributed by atoms with E-state index in [1.165, 1.54) is 25.3 Å². The summed E-state index contributed by atoms with van der Waals surface area (Å²) < 4.78 is 5.71. The van der Waals surface area contributed by atoms with Gasteiger partial charge in [-0.15, -0.1) is 0 Å². The predicted molar refractivity (Wildman–Crippen MR) is 116 cm³/mol. The maximum absolute atomic E-state index is 11.9. The van der Waals surface area contributed by atoms with Crippen LogP contribution in [0.5, 0.6) is 5.75 Å². The van der Waals surface area contributed by atoms with Crippen molar-refractivity contribution < 1.29 is 9.53 Å². The Labute approximate surface area is 166 Å². The lowest BCUT2D eigenvalue weighted by Crippen LogP contribution is -2.32. The van der Waals surface area contributed by atoms with E-state index in [9.17, 15) is 4.79 Å². The molecule has 0 aliphatic carbocycles. The predicted octanol–water partition coefficient (Wildman–Crippen LogP) is 5.17. The minimum Gasteiger partial charge on any atom is -0.494 e. The zero-order chi connectivity index (χ0) is 19.3. The van der Waals surface area contributed by atoms with E-state index in [1.807, 2.05) is 54.6 Å². The third-order valence-electron chi connectivity index (χ3n) is 3.84. The Hall–Kier alpha value is -2.66. The highest BCUT2D eigenvalue weighted by molar-refractivity contribution is 7.80. The highest BCUT2D eigenvalue weighted by Gasteiger charge is 2.02. The van der Waals surface area contributed by atoms with Gasteiger partial charge in [0.25, 0.3) is 0 Å². The molecule has 27 heavy (non-hydrogen) atoms. The van der Waals surface area contributed by atoms with Crippen molar-refractivity contribution in [2.24, 2.45) is 0 Å². The number of rotatable bonds is 9. The van der Waals surface area contributed by atoms with Crippen LogP contribution in [0.4, 0.5) is 5.69 Å². The average Bonchev–Trinajstić information content (AvgIpc) is 2.68. The van der Waals surface area contributed by atoms with Gasteiger partial charge in [-0.25, -0.2) is 0 Å². The number of carbonyl (C=O) groups is 1. The molecule has 0 unspecified atom stereocenters. The molecule has 1 amide bonds. The summed E-state index contributed by atoms with van der Waals surface area (Å²) in [5, 5.41) is 5.88. The number of hydrogen-bond donors (Lipinski definition) is 2. The van der Waals surface area contributed by atoms with Crippen LogP contribution in [-0.4, -0.2) is 17.6 Å². The lowest BCUT2D eigenvalue weighted by atomic mass is 10.2. The molecule has 5 heteroatoms. The van der Waals surface area contributed by atoms with Gasteiger partial charge in [-0.1, -0.05) is 56.5 Å². The summed E-state index contributed by atoms with van der Waals surface area (Å²) in [4.78, 5) is 11.9. The molecule has 0 aliphatic rings. The van der Waals surface area contributed by atoms with Crippen LogP contribution in [0.15, 0.2) is 60.7 Å². The standard InChI is InChI=1S/C22H26N2O2S/c1-2-3-4-8-17-26-20-14-12-19(13-15-20)23-22(27)24-21(25)16-11-18-9-6-5-7-10-18/h5-7,9-16H,2-4,8,17H2,1H3,(H2,23,24,25,27)/b16-11+. The number of anilines is 1. The molecule has 2 rings (SSSR count). The fourth-order valence-corrected chi connectivity index (χ4v) is 2.62. The third kappa shape index (κ3) is 8.51. The molecule has 0 aromatic heterocycles. The lowest BCUT2D eigenvalue weighted by Gasteiger charge is -2.10. The zero-order valence-corrected chi connectivity index (χ0v) is 16.4. The van der Waals surface area contributed by atoms with Crippen LogP contribution in [-0.2, 0) is 4.79 Å². The van der Waals surface area contributed by atoms with Gasteiger partial charge in [-0.2, -0.15) is 0 Å². The molecule has 0 aliphatic heterocycles. The van der Waals surface area contributed by atoms with Gasteiger partial charge in [0.05, 0.1) is 6.61 Å². The van der Waals surface area contributed by atoms with Gasteiger partial charge in [0, 0.05) is 11.8 Å². The number of hydrogen-bond acceptors (Lipinski definition) is 3. The number of ether oxygens (including phenoxy) is 1. The van der Waals surface area contributed by atoms with Crippen molar-refractivity contribution >= 4 is 35.0 Å². The summed E-state index contributed by atoms with van der Waals surface area (Å²) in [6, 6.07) is 17.1. The molecule has 0 bridgehead atoms. The molecule has 0 fully saturated rings. The van der Waals surface area contributed by atoms with Crippen molar-refractivity contribution in [3.05, 3.63) is 66.2 Å². The molecule has 0 atom stereocenters. The first-order valence-electron chi connectivity index (χ1n) is 9.25. The molecule has 0 heterocycles. The van der Waals surface area contributed by atoms with Crippen molar-refractivity contribution in [2.45, 2.75) is 32.6 Å². The van der Waals surface area contributed by atoms with Gasteiger partial charge in [0.1, 0.15) is 5.75 Å². The largest absolute Gasteiger partial charge is 0.494 e. The van der Waals surface area contributed by atoms with Crippen LogP contribution < -0.4 is 15.4 Å². The molecule has 4 nitrogen and oxygen atoms in total. The highest BCUT2D eigenvalue weighted by Crippen LogP contribution is 2.16. The number of benzene rings is 2. The monoisotopic (exact) mass is 382 g/mol. The first kappa shape index (κ1) is 20.6. The van der Waals surface area contributed by atoms with Gasteiger partial charge in [-0.3, -0.25) is 10.1 Å². The molecule has 0 saturated carbocycles. The minimum atomic E-state index is -0.275. The van der Waals surface area contributed by atoms with Crippen LogP contribution in [0.1, 0.15) is 38.2 Å². The Morgan fingerprint density at radius 3 is 2.48 bits per heavy atom. The number of nitrogens with one attached hydrogen (secondary N) is 2. The highest BCUT2D eigenvalue weighted by atomic mass is 32.1. The Balaban J connectivity index is 1.73. The quantitative estimate of drug-likeness (QED) is 0.357. The smallest absolute Gasteiger partial charge is 0.250 e. The summed E-state index contributed by atoms with van der Waals surface area (Å²) in [6.07, 6.45) is 7.93. The molecule has 142 valence electrons. The van der Waals surface area contributed by atoms with E-state index in [0.29, 0.717) is 0 Å². The van der Waals surface area contributed by atoms with Crippen molar-refractivity contribution in [3.8, 4) is 5.75 Å². The molecule has 0 spiro atoms. The Morgan fingerprint density at radius 2 is 1.78 bits per heavy atom. The third-order valence-corrected chi connectivity index (χ3v) is 4.05. The topological polar surface area (TPSA) is 50.4 Å². The fourth-order valence-electron chi connectivity index (χ4n) is 2.41. The van der Waals surface area contributed by atoms with Crippen LogP contribution in [0.2, 0.25) is 0 Å². The maximum Gasteiger partial charge on any atom is 0.250 e. The van der Waals surface area contributed by atoms with Gasteiger partial charge >= 0.3 is 0 Å². The molecule has 0 saturated heterocycles. The van der Waals surface area contributed by atoms with Crippen molar-refractivity contribution in [2.75, 3.05) is 11.9 Å². The van der Waals surface area contributed by atoms with E-state index in [0.717, 1.165) is 30.0 Å². The molecule has 0 radical (unpaired) electrons. The fraction of sp³-hybridized carbons (Fsp3) is 0.273. The second-order valence-electron chi connectivity index (χ2n) is 6.12. The van der Waals surface area contributed by atoms with E-state index in [4.69, 9.17) is 17.0 Å². The molecule has 2 aromatic rings. The lowest BCUT2D eigenvalue weighted by molar-refractivity contribution is -0.115. The van der Waals surface area contributed by atoms with Gasteiger partial charge in [0.2, 0.25) is 5.91 Å². The summed E-state index contributed by atoms with van der Waals surface area (Å²) in [5.41, 5.74) is 1.75. The summed E-state index contributed by atoms with van der Waals surface area (Å²) in [7, 11) is 0. The Bertz CT molecular complexity index is 743. The van der Waals surface area contributed by atoms with E-state index in [-0.39, 0.29) is 11.0 Å². The number of carbonyl (C=O) groups excluding carboxylic acids is 1. The van der Waals surface area contributed by atoms with E-state index >= 15 is 0 Å². The van der Waals surface area contributed by atoms with Crippen LogP contribution in [0.3, 0.4) is 0 Å². The number of amides is 1. The van der Waals surface area contributed by atoms with Crippen molar-refractivity contribution in [1.82, 2.24) is 5.32 Å². The Morgan fingerprint density at radius 1 is 1.04 bits per heavy atom. The SMILES string of the molecule is CCCCCCOc1ccc(NC(=S)NC(=O)/C=C/c2ccccc2)cc1. The van der Waals surface area contributed by atoms with Gasteiger partial charge < -0.3 is 10.1 Å². The summed E-state index contributed by atoms with van der Waals surface area (Å²) >= 11 is 5.18. The molecular formula is C22H26N2O2S.